The molecule has 0 saturated heterocycles. The van der Waals surface area contributed by atoms with E-state index in [2.05, 4.69) is 11.1 Å². The van der Waals surface area contributed by atoms with Crippen molar-refractivity contribution in [3.05, 3.63) is 42.6 Å². The largest absolute Gasteiger partial charge is 0.338 e. The number of pyridine rings is 1. The Bertz CT molecular complexity index is 568. The van der Waals surface area contributed by atoms with Crippen molar-refractivity contribution in [2.75, 3.05) is 5.84 Å². The number of hydrogen-bond donors (Lipinski definition) is 1. The summed E-state index contributed by atoms with van der Waals surface area (Å²) in [6, 6.07) is 12.0. The van der Waals surface area contributed by atoms with Gasteiger partial charge in [0.05, 0.1) is 5.52 Å². The van der Waals surface area contributed by atoms with Crippen LogP contribution in [0, 0.1) is 0 Å². The van der Waals surface area contributed by atoms with E-state index >= 15 is 0 Å². The summed E-state index contributed by atoms with van der Waals surface area (Å²) in [6.07, 6.45) is 1.80. The Kier molecular flexibility index (Phi) is 1.31. The molecular formula is C11H9N3. The number of nitrogens with two attached hydrogens (primary N) is 1. The van der Waals surface area contributed by atoms with Crippen molar-refractivity contribution in [3.63, 3.8) is 0 Å². The molecule has 0 fully saturated rings. The summed E-state index contributed by atoms with van der Waals surface area (Å²) in [5.41, 5.74) is 2.10. The minimum Gasteiger partial charge on any atom is -0.338 e. The van der Waals surface area contributed by atoms with Crippen molar-refractivity contribution in [2.24, 2.45) is 0 Å². The monoisotopic (exact) mass is 183 g/mol. The Balaban J connectivity index is 2.55. The van der Waals surface area contributed by atoms with E-state index in [9.17, 15) is 0 Å². The quantitative estimate of drug-likeness (QED) is 0.540. The molecule has 0 unspecified atom stereocenters. The third kappa shape index (κ3) is 0.836. The highest BCUT2D eigenvalue weighted by Gasteiger charge is 2.12. The van der Waals surface area contributed by atoms with Gasteiger partial charge < -0.3 is 5.84 Å². The summed E-state index contributed by atoms with van der Waals surface area (Å²) in [5, 5.41) is 1.15. The lowest BCUT2D eigenvalue weighted by Gasteiger charge is -2.03. The number of nitrogens with zero attached hydrogens (tertiary/aromatic N) is 2. The van der Waals surface area contributed by atoms with Crippen LogP contribution in [0.4, 0.5) is 0 Å². The predicted molar refractivity (Wildman–Crippen MR) is 56.5 cm³/mol. The van der Waals surface area contributed by atoms with Crippen LogP contribution in [0.3, 0.4) is 0 Å². The Morgan fingerprint density at radius 1 is 1.07 bits per heavy atom. The van der Waals surface area contributed by atoms with Crippen LogP contribution in [0.2, 0.25) is 0 Å². The van der Waals surface area contributed by atoms with E-state index in [4.69, 9.17) is 5.84 Å². The SMILES string of the molecule is Nn1cccc2c3ccccc3nc1-2. The topological polar surface area (TPSA) is 43.8 Å². The van der Waals surface area contributed by atoms with Gasteiger partial charge in [0.1, 0.15) is 0 Å². The molecule has 0 aromatic heterocycles. The van der Waals surface area contributed by atoms with Gasteiger partial charge in [-0.3, -0.25) is 4.68 Å². The molecule has 0 amide bonds. The summed E-state index contributed by atoms with van der Waals surface area (Å²) < 4.78 is 1.55. The molecule has 68 valence electrons. The van der Waals surface area contributed by atoms with Crippen molar-refractivity contribution in [1.29, 1.82) is 0 Å². The van der Waals surface area contributed by atoms with Crippen LogP contribution < -0.4 is 5.84 Å². The van der Waals surface area contributed by atoms with Gasteiger partial charge in [-0.05, 0) is 18.2 Å². The lowest BCUT2D eigenvalue weighted by atomic mass is 10.1. The van der Waals surface area contributed by atoms with Crippen LogP contribution in [0.1, 0.15) is 0 Å². The molecule has 2 aliphatic rings. The fourth-order valence-electron chi connectivity index (χ4n) is 1.76. The summed E-state index contributed by atoms with van der Waals surface area (Å²) >= 11 is 0. The van der Waals surface area contributed by atoms with Gasteiger partial charge in [0, 0.05) is 17.1 Å². The highest BCUT2D eigenvalue weighted by Crippen LogP contribution is 2.29. The molecule has 3 nitrogen and oxygen atoms in total. The Hall–Kier alpha value is -2.03. The van der Waals surface area contributed by atoms with E-state index in [1.807, 2.05) is 30.3 Å². The average molecular weight is 183 g/mol. The second-order valence-corrected chi connectivity index (χ2v) is 3.28. The molecule has 1 aromatic rings. The molecule has 1 aromatic carbocycles. The van der Waals surface area contributed by atoms with Gasteiger partial charge in [-0.2, -0.15) is 0 Å². The van der Waals surface area contributed by atoms with Gasteiger partial charge in [0.2, 0.25) is 0 Å². The van der Waals surface area contributed by atoms with Gasteiger partial charge in [0.25, 0.3) is 0 Å². The van der Waals surface area contributed by atoms with Gasteiger partial charge >= 0.3 is 0 Å². The number of fused-ring (bicyclic) bond motifs is 3. The predicted octanol–water partition coefficient (Wildman–Crippen LogP) is 1.85. The molecule has 0 aliphatic carbocycles. The molecule has 3 heteroatoms. The fourth-order valence-corrected chi connectivity index (χ4v) is 1.76. The van der Waals surface area contributed by atoms with Crippen LogP contribution in [-0.2, 0) is 0 Å². The first kappa shape index (κ1) is 7.38. The number of rotatable bonds is 0. The van der Waals surface area contributed by atoms with Crippen molar-refractivity contribution >= 4 is 10.9 Å². The van der Waals surface area contributed by atoms with Crippen LogP contribution in [0.5, 0.6) is 0 Å². The molecule has 2 N–H and O–H groups in total. The molecule has 0 saturated carbocycles. The number of hydrogen-bond acceptors (Lipinski definition) is 2. The van der Waals surface area contributed by atoms with Crippen molar-refractivity contribution in [2.45, 2.75) is 0 Å². The van der Waals surface area contributed by atoms with E-state index in [-0.39, 0.29) is 0 Å². The highest BCUT2D eigenvalue weighted by atomic mass is 15.3. The smallest absolute Gasteiger partial charge is 0.159 e. The van der Waals surface area contributed by atoms with E-state index in [1.54, 1.807) is 10.9 Å². The number of benzene rings is 1. The third-order valence-electron chi connectivity index (χ3n) is 2.42. The standard InChI is InChI=1S/C11H9N3/c12-14-7-3-5-9-8-4-1-2-6-10(8)13-11(9)14/h1-7H,12H2. The zero-order valence-electron chi connectivity index (χ0n) is 7.51. The molecule has 0 bridgehead atoms. The molecule has 14 heavy (non-hydrogen) atoms. The van der Waals surface area contributed by atoms with Crippen LogP contribution >= 0.6 is 0 Å². The van der Waals surface area contributed by atoms with E-state index in [1.165, 1.54) is 0 Å². The van der Waals surface area contributed by atoms with Crippen LogP contribution in [0.15, 0.2) is 42.6 Å². The minimum absolute atomic E-state index is 0.828. The zero-order valence-corrected chi connectivity index (χ0v) is 7.51. The first-order valence-electron chi connectivity index (χ1n) is 4.47. The normalized spacial score (nSPS) is 11.1. The summed E-state index contributed by atoms with van der Waals surface area (Å²) in [6.45, 7) is 0. The Morgan fingerprint density at radius 3 is 2.86 bits per heavy atom. The zero-order chi connectivity index (χ0) is 9.54. The molecule has 3 rings (SSSR count). The maximum atomic E-state index is 5.77. The van der Waals surface area contributed by atoms with Crippen LogP contribution in [0.25, 0.3) is 22.3 Å². The molecule has 0 radical (unpaired) electrons. The first-order chi connectivity index (χ1) is 6.86. The first-order valence-corrected chi connectivity index (χ1v) is 4.47. The highest BCUT2D eigenvalue weighted by molar-refractivity contribution is 5.96. The number of para-hydroxylation sites is 1. The fraction of sp³-hybridized carbons (Fsp3) is 0. The molecule has 0 atom stereocenters. The second kappa shape index (κ2) is 2.48. The second-order valence-electron chi connectivity index (χ2n) is 3.28. The maximum Gasteiger partial charge on any atom is 0.159 e. The Morgan fingerprint density at radius 2 is 1.93 bits per heavy atom. The van der Waals surface area contributed by atoms with Crippen LogP contribution in [-0.4, -0.2) is 9.66 Å². The average Bonchev–Trinajstić information content (AvgIpc) is 2.59. The van der Waals surface area contributed by atoms with Gasteiger partial charge in [0.15, 0.2) is 5.82 Å². The summed E-state index contributed by atoms with van der Waals surface area (Å²) in [5.74, 6) is 6.60. The van der Waals surface area contributed by atoms with E-state index in [0.717, 1.165) is 22.3 Å². The van der Waals surface area contributed by atoms with E-state index in [0.29, 0.717) is 0 Å². The lowest BCUT2D eigenvalue weighted by molar-refractivity contribution is 0.971. The number of aromatic nitrogens is 2. The third-order valence-corrected chi connectivity index (χ3v) is 2.42. The summed E-state index contributed by atoms with van der Waals surface area (Å²) in [4.78, 5) is 4.45. The van der Waals surface area contributed by atoms with Crippen molar-refractivity contribution < 1.29 is 0 Å². The maximum absolute atomic E-state index is 5.77. The minimum atomic E-state index is 0.828. The van der Waals surface area contributed by atoms with Crippen molar-refractivity contribution in [1.82, 2.24) is 9.66 Å². The Labute approximate surface area is 81.1 Å². The van der Waals surface area contributed by atoms with E-state index < -0.39 is 0 Å². The summed E-state index contributed by atoms with van der Waals surface area (Å²) in [7, 11) is 0. The van der Waals surface area contributed by atoms with Gasteiger partial charge in [-0.25, -0.2) is 4.98 Å². The van der Waals surface area contributed by atoms with Gasteiger partial charge in [-0.1, -0.05) is 18.2 Å². The molecular weight excluding hydrogens is 174 g/mol. The van der Waals surface area contributed by atoms with Crippen molar-refractivity contribution in [3.8, 4) is 11.4 Å². The molecule has 2 aliphatic heterocycles. The molecule has 2 heterocycles. The lowest BCUT2D eigenvalue weighted by Crippen LogP contribution is -2.11. The van der Waals surface area contributed by atoms with Gasteiger partial charge in [-0.15, -0.1) is 0 Å². The number of nitrogen functional groups attached to an aromatic ring is 1. The molecule has 0 spiro atoms.